The van der Waals surface area contributed by atoms with Crippen molar-refractivity contribution in [1.29, 1.82) is 0 Å². The number of rotatable bonds is 7. The van der Waals surface area contributed by atoms with Crippen molar-refractivity contribution in [3.8, 4) is 0 Å². The van der Waals surface area contributed by atoms with Crippen LogP contribution >= 0.6 is 0 Å². The highest BCUT2D eigenvalue weighted by atomic mass is 19.4. The smallest absolute Gasteiger partial charge is 0.475 e. The van der Waals surface area contributed by atoms with Crippen LogP contribution in [0.2, 0.25) is 0 Å². The van der Waals surface area contributed by atoms with E-state index in [1.165, 1.54) is 11.4 Å². The molecule has 1 atom stereocenters. The maximum absolute atomic E-state index is 11.6. The minimum atomic E-state index is -5.08. The van der Waals surface area contributed by atoms with Gasteiger partial charge in [0.25, 0.3) is 0 Å². The molecule has 0 bridgehead atoms. The van der Waals surface area contributed by atoms with Gasteiger partial charge in [-0.15, -0.1) is 0 Å². The summed E-state index contributed by atoms with van der Waals surface area (Å²) >= 11 is 0. The Balaban J connectivity index is 0.000000509. The zero-order valence-electron chi connectivity index (χ0n) is 19.9. The van der Waals surface area contributed by atoms with Crippen molar-refractivity contribution in [3.63, 3.8) is 0 Å². The summed E-state index contributed by atoms with van der Waals surface area (Å²) in [4.78, 5) is 24.6. The number of carboxylic acid groups (broad SMARTS) is 1. The van der Waals surface area contributed by atoms with Crippen LogP contribution < -0.4 is 0 Å². The van der Waals surface area contributed by atoms with E-state index in [0.29, 0.717) is 12.5 Å². The van der Waals surface area contributed by atoms with Crippen LogP contribution in [0.3, 0.4) is 0 Å². The zero-order chi connectivity index (χ0) is 25.5. The van der Waals surface area contributed by atoms with Crippen LogP contribution in [0.15, 0.2) is 24.4 Å². The van der Waals surface area contributed by atoms with E-state index in [1.54, 1.807) is 19.0 Å². The van der Waals surface area contributed by atoms with E-state index >= 15 is 0 Å². The first-order valence-electron chi connectivity index (χ1n) is 10.8. The molecule has 34 heavy (non-hydrogen) atoms. The molecular weight excluding hydrogens is 455 g/mol. The lowest BCUT2D eigenvalue weighted by molar-refractivity contribution is -0.192. The molecule has 2 aromatic rings. The van der Waals surface area contributed by atoms with E-state index in [9.17, 15) is 18.0 Å². The number of aryl methyl sites for hydroxylation is 2. The van der Waals surface area contributed by atoms with Gasteiger partial charge >= 0.3 is 12.1 Å². The number of hydrogen-bond acceptors (Lipinski definition) is 5. The average molecular weight is 488 g/mol. The van der Waals surface area contributed by atoms with E-state index in [1.807, 2.05) is 18.7 Å². The molecule has 1 N–H and O–H groups in total. The van der Waals surface area contributed by atoms with Crippen LogP contribution in [0, 0.1) is 12.8 Å². The minimum Gasteiger partial charge on any atom is -0.475 e. The molecule has 1 unspecified atom stereocenters. The van der Waals surface area contributed by atoms with Gasteiger partial charge in [0.15, 0.2) is 0 Å². The molecular formula is C22H32F3N5O4. The molecule has 0 aromatic carbocycles. The van der Waals surface area contributed by atoms with Crippen LogP contribution in [0.5, 0.6) is 0 Å². The normalized spacial score (nSPS) is 16.3. The number of ether oxygens (including phenoxy) is 1. The van der Waals surface area contributed by atoms with Crippen LogP contribution in [0.4, 0.5) is 13.2 Å². The number of carboxylic acids is 1. The molecule has 0 radical (unpaired) electrons. The number of aliphatic carboxylic acids is 1. The van der Waals surface area contributed by atoms with Crippen LogP contribution in [-0.4, -0.2) is 81.2 Å². The number of carbonyl (C=O) groups excluding carboxylic acids is 1. The maximum atomic E-state index is 11.6. The number of aromatic nitrogens is 3. The lowest BCUT2D eigenvalue weighted by atomic mass is 10.1. The van der Waals surface area contributed by atoms with Crippen molar-refractivity contribution < 1.29 is 32.6 Å². The molecule has 1 amide bonds. The third-order valence-corrected chi connectivity index (χ3v) is 5.40. The first-order chi connectivity index (χ1) is 15.9. The molecule has 0 spiro atoms. The largest absolute Gasteiger partial charge is 0.490 e. The molecule has 0 aliphatic carbocycles. The number of hydrogen-bond donors (Lipinski definition) is 1. The Morgan fingerprint density at radius 2 is 1.97 bits per heavy atom. The number of likely N-dealkylation sites (N-methyl/N-ethyl adjacent to an activating group) is 1. The summed E-state index contributed by atoms with van der Waals surface area (Å²) in [6.45, 7) is 6.63. The predicted molar refractivity (Wildman–Crippen MR) is 118 cm³/mol. The lowest BCUT2D eigenvalue weighted by Gasteiger charge is -2.24. The summed E-state index contributed by atoms with van der Waals surface area (Å²) in [5.41, 5.74) is 3.64. The fourth-order valence-corrected chi connectivity index (χ4v) is 3.65. The second kappa shape index (κ2) is 12.0. The number of halogens is 3. The Morgan fingerprint density at radius 1 is 1.29 bits per heavy atom. The Labute approximate surface area is 196 Å². The Kier molecular flexibility index (Phi) is 9.68. The molecule has 190 valence electrons. The molecule has 0 saturated heterocycles. The van der Waals surface area contributed by atoms with E-state index in [-0.39, 0.29) is 12.5 Å². The highest BCUT2D eigenvalue weighted by Crippen LogP contribution is 2.21. The topological polar surface area (TPSA) is 92.8 Å². The molecule has 0 saturated carbocycles. The van der Waals surface area contributed by atoms with Crippen molar-refractivity contribution in [2.75, 3.05) is 33.9 Å². The number of carbonyl (C=O) groups is 2. The average Bonchev–Trinajstić information content (AvgIpc) is 3.24. The summed E-state index contributed by atoms with van der Waals surface area (Å²) in [6, 6.07) is 6.49. The van der Waals surface area contributed by atoms with E-state index < -0.39 is 12.1 Å². The van der Waals surface area contributed by atoms with E-state index in [2.05, 4.69) is 39.0 Å². The highest BCUT2D eigenvalue weighted by Gasteiger charge is 2.38. The summed E-state index contributed by atoms with van der Waals surface area (Å²) < 4.78 is 41.7. The predicted octanol–water partition coefficient (Wildman–Crippen LogP) is 2.29. The van der Waals surface area contributed by atoms with Gasteiger partial charge in [0, 0.05) is 65.8 Å². The molecule has 3 heterocycles. The van der Waals surface area contributed by atoms with Gasteiger partial charge in [0.05, 0.1) is 11.4 Å². The van der Waals surface area contributed by atoms with Crippen molar-refractivity contribution in [2.24, 2.45) is 13.0 Å². The number of nitrogens with zero attached hydrogens (tertiary/aromatic N) is 5. The summed E-state index contributed by atoms with van der Waals surface area (Å²) in [7, 11) is 5.52. The SMILES string of the molecule is Cc1cc(CN2Cc3cccn3CC(CCOCC(=O)N(C)C)C2)n(C)n1.O=C(O)C(F)(F)F. The lowest BCUT2D eigenvalue weighted by Crippen LogP contribution is -2.30. The third kappa shape index (κ3) is 8.49. The molecule has 9 nitrogen and oxygen atoms in total. The molecule has 2 aromatic heterocycles. The molecule has 1 aliphatic heterocycles. The van der Waals surface area contributed by atoms with E-state index in [0.717, 1.165) is 38.3 Å². The van der Waals surface area contributed by atoms with Gasteiger partial charge in [-0.1, -0.05) is 0 Å². The van der Waals surface area contributed by atoms with Gasteiger partial charge in [-0.3, -0.25) is 14.4 Å². The highest BCUT2D eigenvalue weighted by molar-refractivity contribution is 5.76. The van der Waals surface area contributed by atoms with Crippen molar-refractivity contribution in [1.82, 2.24) is 24.1 Å². The zero-order valence-corrected chi connectivity index (χ0v) is 19.9. The quantitative estimate of drug-likeness (QED) is 0.603. The van der Waals surface area contributed by atoms with Gasteiger partial charge < -0.3 is 19.3 Å². The Bertz CT molecular complexity index is 955. The fraction of sp³-hybridized carbons (Fsp3) is 0.591. The maximum Gasteiger partial charge on any atom is 0.490 e. The first-order valence-corrected chi connectivity index (χ1v) is 10.8. The molecule has 12 heteroatoms. The second-order valence-corrected chi connectivity index (χ2v) is 8.52. The van der Waals surface area contributed by atoms with Crippen LogP contribution in [0.1, 0.15) is 23.5 Å². The van der Waals surface area contributed by atoms with Crippen molar-refractivity contribution in [2.45, 2.75) is 39.2 Å². The van der Waals surface area contributed by atoms with Gasteiger partial charge in [0.2, 0.25) is 5.91 Å². The standard InChI is InChI=1S/C20H31N5O2.C2HF3O2/c1-16-10-19(23(4)21-16)14-24-11-17(7-9-27-15-20(26)22(2)3)12-25-8-5-6-18(25)13-24;3-2(4,5)1(6)7/h5-6,8,10,17H,7,9,11-15H2,1-4H3;(H,6,7). The summed E-state index contributed by atoms with van der Waals surface area (Å²) in [6.07, 6.45) is -1.98. The second-order valence-electron chi connectivity index (χ2n) is 8.52. The Hall–Kier alpha value is -2.86. The first kappa shape index (κ1) is 27.4. The molecule has 3 rings (SSSR count). The number of amides is 1. The van der Waals surface area contributed by atoms with Crippen molar-refractivity contribution >= 4 is 11.9 Å². The number of alkyl halides is 3. The van der Waals surface area contributed by atoms with E-state index in [4.69, 9.17) is 14.6 Å². The number of fused-ring (bicyclic) bond motifs is 1. The van der Waals surface area contributed by atoms with Gasteiger partial charge in [0.1, 0.15) is 6.61 Å². The Morgan fingerprint density at radius 3 is 2.53 bits per heavy atom. The van der Waals surface area contributed by atoms with Gasteiger partial charge in [-0.2, -0.15) is 18.3 Å². The van der Waals surface area contributed by atoms with Gasteiger partial charge in [-0.05, 0) is 37.5 Å². The monoisotopic (exact) mass is 487 g/mol. The van der Waals surface area contributed by atoms with Gasteiger partial charge in [-0.25, -0.2) is 4.79 Å². The van der Waals surface area contributed by atoms with Crippen LogP contribution in [-0.2, 0) is 41.0 Å². The summed E-state index contributed by atoms with van der Waals surface area (Å²) in [5, 5.41) is 11.6. The van der Waals surface area contributed by atoms with Crippen molar-refractivity contribution in [3.05, 3.63) is 41.5 Å². The van der Waals surface area contributed by atoms with Crippen LogP contribution in [0.25, 0.3) is 0 Å². The molecule has 0 fully saturated rings. The molecule has 1 aliphatic rings. The fourth-order valence-electron chi connectivity index (χ4n) is 3.65. The summed E-state index contributed by atoms with van der Waals surface area (Å²) in [5.74, 6) is -2.26. The third-order valence-electron chi connectivity index (χ3n) is 5.40. The minimum absolute atomic E-state index is 0.0109.